The van der Waals surface area contributed by atoms with Gasteiger partial charge in [-0.05, 0) is 36.8 Å². The number of thiocarbonyl (C=S) groups is 1. The van der Waals surface area contributed by atoms with Crippen LogP contribution in [0.5, 0.6) is 0 Å². The number of nitrogens with two attached hydrogens (primary N) is 1. The highest BCUT2D eigenvalue weighted by atomic mass is 32.1. The minimum absolute atomic E-state index is 0.0204. The molecule has 0 aliphatic carbocycles. The van der Waals surface area contributed by atoms with Crippen molar-refractivity contribution in [2.24, 2.45) is 16.8 Å². The number of nitrogens with one attached hydrogen (secondary N) is 2. The highest BCUT2D eigenvalue weighted by Gasteiger charge is 2.07. The molecule has 0 unspecified atom stereocenters. The van der Waals surface area contributed by atoms with Crippen LogP contribution < -0.4 is 16.5 Å². The van der Waals surface area contributed by atoms with Gasteiger partial charge >= 0.3 is 0 Å². The maximum absolute atomic E-state index is 11.6. The van der Waals surface area contributed by atoms with Crippen LogP contribution in [0.15, 0.2) is 29.4 Å². The lowest BCUT2D eigenvalue weighted by Crippen LogP contribution is -2.25. The molecule has 102 valence electrons. The van der Waals surface area contributed by atoms with Crippen molar-refractivity contribution in [3.05, 3.63) is 29.8 Å². The Kier molecular flexibility index (Phi) is 5.44. The quantitative estimate of drug-likeness (QED) is 0.446. The van der Waals surface area contributed by atoms with Crippen molar-refractivity contribution < 1.29 is 4.79 Å². The van der Waals surface area contributed by atoms with E-state index in [1.54, 1.807) is 0 Å². The van der Waals surface area contributed by atoms with Gasteiger partial charge in [0, 0.05) is 11.6 Å². The van der Waals surface area contributed by atoms with Gasteiger partial charge in [0.2, 0.25) is 5.91 Å². The van der Waals surface area contributed by atoms with Gasteiger partial charge in [-0.15, -0.1) is 0 Å². The first-order valence-corrected chi connectivity index (χ1v) is 6.32. The van der Waals surface area contributed by atoms with Gasteiger partial charge in [-0.2, -0.15) is 5.10 Å². The van der Waals surface area contributed by atoms with Crippen LogP contribution in [0.25, 0.3) is 0 Å². The third kappa shape index (κ3) is 5.05. The second-order valence-corrected chi connectivity index (χ2v) is 4.84. The average Bonchev–Trinajstić information content (AvgIpc) is 2.36. The van der Waals surface area contributed by atoms with Crippen molar-refractivity contribution in [1.29, 1.82) is 0 Å². The fraction of sp³-hybridized carbons (Fsp3) is 0.308. The van der Waals surface area contributed by atoms with Crippen LogP contribution in [0.4, 0.5) is 5.69 Å². The van der Waals surface area contributed by atoms with Crippen LogP contribution in [0.3, 0.4) is 0 Å². The second-order valence-electron chi connectivity index (χ2n) is 4.40. The van der Waals surface area contributed by atoms with Crippen LogP contribution in [-0.2, 0) is 4.79 Å². The number of hydrogen-bond acceptors (Lipinski definition) is 3. The molecule has 6 heteroatoms. The molecule has 0 aromatic heterocycles. The lowest BCUT2D eigenvalue weighted by atomic mass is 10.1. The molecule has 0 radical (unpaired) electrons. The van der Waals surface area contributed by atoms with E-state index in [1.165, 1.54) is 0 Å². The molecule has 1 rings (SSSR count). The summed E-state index contributed by atoms with van der Waals surface area (Å²) >= 11 is 4.68. The summed E-state index contributed by atoms with van der Waals surface area (Å²) in [4.78, 5) is 11.6. The zero-order valence-electron chi connectivity index (χ0n) is 11.2. The minimum Gasteiger partial charge on any atom is -0.375 e. The molecule has 1 amide bonds. The number of benzene rings is 1. The van der Waals surface area contributed by atoms with Gasteiger partial charge in [0.1, 0.15) is 0 Å². The van der Waals surface area contributed by atoms with Gasteiger partial charge in [0.05, 0.1) is 5.71 Å². The molecular weight excluding hydrogens is 260 g/mol. The van der Waals surface area contributed by atoms with E-state index in [4.69, 9.17) is 5.73 Å². The van der Waals surface area contributed by atoms with Crippen LogP contribution in [0.2, 0.25) is 0 Å². The second kappa shape index (κ2) is 6.84. The van der Waals surface area contributed by atoms with E-state index in [-0.39, 0.29) is 16.9 Å². The molecule has 5 nitrogen and oxygen atoms in total. The van der Waals surface area contributed by atoms with E-state index in [1.807, 2.05) is 45.0 Å². The molecule has 0 aliphatic rings. The standard InChI is InChI=1S/C13H18N4OS/c1-8(2)12(18)15-11-6-4-5-10(7-11)9(3)16-17-13(14)19/h4-8H,1-3H3,(H,15,18)(H3,14,17,19). The summed E-state index contributed by atoms with van der Waals surface area (Å²) in [5, 5.41) is 6.99. The Morgan fingerprint density at radius 3 is 2.68 bits per heavy atom. The highest BCUT2D eigenvalue weighted by molar-refractivity contribution is 7.80. The molecule has 0 fully saturated rings. The summed E-state index contributed by atoms with van der Waals surface area (Å²) in [5.74, 6) is -0.0808. The SMILES string of the molecule is CC(=NNC(N)=S)c1cccc(NC(=O)C(C)C)c1. The predicted octanol–water partition coefficient (Wildman–Crippen LogP) is 1.84. The molecule has 1 aromatic rings. The van der Waals surface area contributed by atoms with Gasteiger partial charge in [0.15, 0.2) is 5.11 Å². The van der Waals surface area contributed by atoms with E-state index < -0.39 is 0 Å². The van der Waals surface area contributed by atoms with Gasteiger partial charge in [-0.25, -0.2) is 0 Å². The van der Waals surface area contributed by atoms with Crippen LogP contribution >= 0.6 is 12.2 Å². The third-order valence-corrected chi connectivity index (χ3v) is 2.50. The lowest BCUT2D eigenvalue weighted by molar-refractivity contribution is -0.118. The number of carbonyl (C=O) groups excluding carboxylic acids is 1. The number of carbonyl (C=O) groups is 1. The van der Waals surface area contributed by atoms with Gasteiger partial charge in [-0.3, -0.25) is 10.2 Å². The predicted molar refractivity (Wildman–Crippen MR) is 82.0 cm³/mol. The molecule has 0 heterocycles. The fourth-order valence-electron chi connectivity index (χ4n) is 1.31. The molecule has 0 atom stereocenters. The molecule has 4 N–H and O–H groups in total. The molecule has 1 aromatic carbocycles. The molecule has 19 heavy (non-hydrogen) atoms. The lowest BCUT2D eigenvalue weighted by Gasteiger charge is -2.09. The van der Waals surface area contributed by atoms with Crippen LogP contribution in [-0.4, -0.2) is 16.7 Å². The van der Waals surface area contributed by atoms with Crippen molar-refractivity contribution in [1.82, 2.24) is 5.43 Å². The monoisotopic (exact) mass is 278 g/mol. The summed E-state index contributed by atoms with van der Waals surface area (Å²) in [6, 6.07) is 7.43. The average molecular weight is 278 g/mol. The molecule has 0 spiro atoms. The first kappa shape index (κ1) is 15.1. The summed E-state index contributed by atoms with van der Waals surface area (Å²) in [6.07, 6.45) is 0. The van der Waals surface area contributed by atoms with E-state index in [0.29, 0.717) is 0 Å². The van der Waals surface area contributed by atoms with E-state index in [0.717, 1.165) is 17.0 Å². The summed E-state index contributed by atoms with van der Waals surface area (Å²) in [6.45, 7) is 5.52. The van der Waals surface area contributed by atoms with Crippen molar-refractivity contribution in [2.75, 3.05) is 5.32 Å². The van der Waals surface area contributed by atoms with Crippen LogP contribution in [0.1, 0.15) is 26.3 Å². The number of rotatable bonds is 4. The number of nitrogens with zero attached hydrogens (tertiary/aromatic N) is 1. The van der Waals surface area contributed by atoms with Gasteiger partial charge in [0.25, 0.3) is 0 Å². The number of hydrazone groups is 1. The van der Waals surface area contributed by atoms with Gasteiger partial charge < -0.3 is 11.1 Å². The van der Waals surface area contributed by atoms with Crippen molar-refractivity contribution in [3.8, 4) is 0 Å². The maximum Gasteiger partial charge on any atom is 0.226 e. The first-order valence-electron chi connectivity index (χ1n) is 5.91. The van der Waals surface area contributed by atoms with Crippen molar-refractivity contribution in [3.63, 3.8) is 0 Å². The smallest absolute Gasteiger partial charge is 0.226 e. The maximum atomic E-state index is 11.6. The van der Waals surface area contributed by atoms with Crippen molar-refractivity contribution >= 4 is 34.6 Å². The highest BCUT2D eigenvalue weighted by Crippen LogP contribution is 2.12. The van der Waals surface area contributed by atoms with E-state index in [9.17, 15) is 4.79 Å². The zero-order valence-corrected chi connectivity index (χ0v) is 12.0. The Labute approximate surface area is 118 Å². The summed E-state index contributed by atoms with van der Waals surface area (Å²) in [7, 11) is 0. The van der Waals surface area contributed by atoms with E-state index >= 15 is 0 Å². The molecular formula is C13H18N4OS. The Bertz CT molecular complexity index is 511. The van der Waals surface area contributed by atoms with E-state index in [2.05, 4.69) is 28.1 Å². The Morgan fingerprint density at radius 2 is 2.11 bits per heavy atom. The minimum atomic E-state index is -0.0605. The zero-order chi connectivity index (χ0) is 14.4. The third-order valence-electron chi connectivity index (χ3n) is 2.41. The first-order chi connectivity index (χ1) is 8.90. The number of amides is 1. The summed E-state index contributed by atoms with van der Waals surface area (Å²) in [5.41, 5.74) is 10.2. The molecule has 0 saturated heterocycles. The number of hydrogen-bond donors (Lipinski definition) is 3. The fourth-order valence-corrected chi connectivity index (χ4v) is 1.36. The number of anilines is 1. The van der Waals surface area contributed by atoms with Crippen LogP contribution in [0, 0.1) is 5.92 Å². The Morgan fingerprint density at radius 1 is 1.42 bits per heavy atom. The largest absolute Gasteiger partial charge is 0.375 e. The normalized spacial score (nSPS) is 11.3. The van der Waals surface area contributed by atoms with Gasteiger partial charge in [-0.1, -0.05) is 26.0 Å². The Balaban J connectivity index is 2.85. The topological polar surface area (TPSA) is 79.5 Å². The molecule has 0 aliphatic heterocycles. The molecule has 0 bridgehead atoms. The Hall–Kier alpha value is -1.95. The summed E-state index contributed by atoms with van der Waals surface area (Å²) < 4.78 is 0. The molecule has 0 saturated carbocycles. The van der Waals surface area contributed by atoms with Crippen molar-refractivity contribution in [2.45, 2.75) is 20.8 Å².